The molecule has 0 aromatic carbocycles. The molecule has 0 amide bonds. The number of nitrogens with zero attached hydrogens (tertiary/aromatic N) is 3. The quantitative estimate of drug-likeness (QED) is 0.757. The molecule has 0 aliphatic heterocycles. The first-order valence-corrected chi connectivity index (χ1v) is 5.84. The van der Waals surface area contributed by atoms with Crippen molar-refractivity contribution in [2.24, 2.45) is 0 Å². The van der Waals surface area contributed by atoms with Crippen LogP contribution in [-0.2, 0) is 0 Å². The van der Waals surface area contributed by atoms with Crippen LogP contribution in [0.3, 0.4) is 0 Å². The second kappa shape index (κ2) is 6.33. The Balaban J connectivity index is 3.23. The van der Waals surface area contributed by atoms with E-state index in [4.69, 9.17) is 28.5 Å². The molecule has 92 valence electrons. The van der Waals surface area contributed by atoms with E-state index in [-0.39, 0.29) is 5.56 Å². The molecule has 0 unspecified atom stereocenters. The minimum Gasteiger partial charge on any atom is -0.306 e. The van der Waals surface area contributed by atoms with Gasteiger partial charge in [0.2, 0.25) is 0 Å². The number of H-pyrrole nitrogens is 1. The fraction of sp³-hybridized carbons (Fsp3) is 0.444. The highest BCUT2D eigenvalue weighted by Crippen LogP contribution is 1.92. The zero-order chi connectivity index (χ0) is 12.8. The average molecular weight is 277 g/mol. The van der Waals surface area contributed by atoms with Gasteiger partial charge in [0, 0.05) is 24.8 Å². The van der Waals surface area contributed by atoms with Crippen LogP contribution in [-0.4, -0.2) is 34.5 Å². The molecule has 8 heteroatoms. The second-order valence-electron chi connectivity index (χ2n) is 3.09. The van der Waals surface area contributed by atoms with Crippen molar-refractivity contribution < 1.29 is 0 Å². The van der Waals surface area contributed by atoms with Crippen LogP contribution in [0.15, 0.2) is 15.8 Å². The molecule has 0 aliphatic rings. The number of aromatic nitrogens is 2. The summed E-state index contributed by atoms with van der Waals surface area (Å²) >= 11 is 11.2. The normalized spacial score (nSPS) is 9.94. The molecule has 0 fully saturated rings. The predicted molar refractivity (Wildman–Crippen MR) is 65.4 cm³/mol. The van der Waals surface area contributed by atoms with Gasteiger partial charge in [-0.05, 0) is 0 Å². The molecule has 0 aliphatic carbocycles. The van der Waals surface area contributed by atoms with Crippen molar-refractivity contribution in [3.63, 3.8) is 0 Å². The third-order valence-electron chi connectivity index (χ3n) is 2.03. The van der Waals surface area contributed by atoms with Crippen molar-refractivity contribution in [1.29, 1.82) is 5.26 Å². The Morgan fingerprint density at radius 1 is 1.35 bits per heavy atom. The maximum atomic E-state index is 11.6. The van der Waals surface area contributed by atoms with Gasteiger partial charge in [-0.25, -0.2) is 9.47 Å². The van der Waals surface area contributed by atoms with Crippen molar-refractivity contribution in [3.8, 4) is 6.07 Å². The smallest absolute Gasteiger partial charge is 0.306 e. The van der Waals surface area contributed by atoms with Crippen LogP contribution in [0.2, 0.25) is 0 Å². The van der Waals surface area contributed by atoms with E-state index in [1.54, 1.807) is 11.1 Å². The minimum atomic E-state index is -0.703. The standard InChI is InChI=1S/C9H10Cl2N4O2/c10-1-3-14(4-2-11)15-6-7(5-12)8(16)13-9(15)17/h6H,1-4H2,(H,13,16,17). The Kier molecular flexibility index (Phi) is 5.07. The molecule has 0 saturated heterocycles. The average Bonchev–Trinajstić information content (AvgIpc) is 2.29. The lowest BCUT2D eigenvalue weighted by molar-refractivity contribution is 0.585. The van der Waals surface area contributed by atoms with Gasteiger partial charge in [0.25, 0.3) is 5.56 Å². The maximum Gasteiger partial charge on any atom is 0.347 e. The number of hydrogen-bond donors (Lipinski definition) is 1. The molecule has 1 heterocycles. The fourth-order valence-electron chi connectivity index (χ4n) is 1.27. The highest BCUT2D eigenvalue weighted by Gasteiger charge is 2.09. The van der Waals surface area contributed by atoms with Crippen LogP contribution in [0.5, 0.6) is 0 Å². The van der Waals surface area contributed by atoms with E-state index in [9.17, 15) is 9.59 Å². The number of nitriles is 1. The molecule has 0 bridgehead atoms. The van der Waals surface area contributed by atoms with Gasteiger partial charge >= 0.3 is 5.69 Å². The van der Waals surface area contributed by atoms with Crippen LogP contribution in [0.4, 0.5) is 0 Å². The second-order valence-corrected chi connectivity index (χ2v) is 3.85. The summed E-state index contributed by atoms with van der Waals surface area (Å²) in [6, 6.07) is 1.71. The number of alkyl halides is 2. The summed E-state index contributed by atoms with van der Waals surface area (Å²) in [6.07, 6.45) is 1.18. The lowest BCUT2D eigenvalue weighted by Crippen LogP contribution is -2.47. The van der Waals surface area contributed by atoms with E-state index in [0.29, 0.717) is 24.8 Å². The van der Waals surface area contributed by atoms with E-state index in [1.165, 1.54) is 6.20 Å². The van der Waals surface area contributed by atoms with Gasteiger partial charge in [0.15, 0.2) is 0 Å². The highest BCUT2D eigenvalue weighted by molar-refractivity contribution is 6.18. The van der Waals surface area contributed by atoms with Crippen molar-refractivity contribution in [2.75, 3.05) is 29.9 Å². The lowest BCUT2D eigenvalue weighted by atomic mass is 10.4. The molecule has 0 saturated carbocycles. The Labute approximate surface area is 107 Å². The van der Waals surface area contributed by atoms with Crippen LogP contribution in [0.25, 0.3) is 0 Å². The summed E-state index contributed by atoms with van der Waals surface area (Å²) in [5, 5.41) is 10.3. The van der Waals surface area contributed by atoms with Crippen LogP contribution in [0, 0.1) is 11.3 Å². The van der Waals surface area contributed by atoms with E-state index >= 15 is 0 Å². The summed E-state index contributed by atoms with van der Waals surface area (Å²) in [5.74, 6) is 0.592. The number of halogens is 2. The van der Waals surface area contributed by atoms with Gasteiger partial charge in [-0.1, -0.05) is 0 Å². The molecule has 1 aromatic rings. The van der Waals surface area contributed by atoms with Gasteiger partial charge in [-0.2, -0.15) is 5.26 Å². The first kappa shape index (κ1) is 13.6. The summed E-state index contributed by atoms with van der Waals surface area (Å²) in [6.45, 7) is 0.760. The van der Waals surface area contributed by atoms with Crippen molar-refractivity contribution >= 4 is 23.2 Å². The van der Waals surface area contributed by atoms with Crippen molar-refractivity contribution in [1.82, 2.24) is 9.66 Å². The van der Waals surface area contributed by atoms with Gasteiger partial charge in [-0.15, -0.1) is 23.2 Å². The Morgan fingerprint density at radius 3 is 2.41 bits per heavy atom. The zero-order valence-electron chi connectivity index (χ0n) is 8.82. The highest BCUT2D eigenvalue weighted by atomic mass is 35.5. The zero-order valence-corrected chi connectivity index (χ0v) is 10.3. The Bertz CT molecular complexity index is 525. The van der Waals surface area contributed by atoms with Crippen LogP contribution < -0.4 is 16.3 Å². The van der Waals surface area contributed by atoms with E-state index in [1.807, 2.05) is 0 Å². The van der Waals surface area contributed by atoms with Gasteiger partial charge in [0.1, 0.15) is 11.6 Å². The van der Waals surface area contributed by atoms with E-state index < -0.39 is 11.2 Å². The molecule has 0 radical (unpaired) electrons. The SMILES string of the molecule is N#Cc1cn(N(CCCl)CCCl)c(=O)[nH]c1=O. The van der Waals surface area contributed by atoms with Gasteiger partial charge in [-0.3, -0.25) is 9.78 Å². The van der Waals surface area contributed by atoms with Crippen molar-refractivity contribution in [3.05, 3.63) is 32.6 Å². The lowest BCUT2D eigenvalue weighted by Gasteiger charge is -2.24. The fourth-order valence-corrected chi connectivity index (χ4v) is 1.66. The molecule has 0 spiro atoms. The number of hydrogen-bond acceptors (Lipinski definition) is 4. The summed E-state index contributed by atoms with van der Waals surface area (Å²) < 4.78 is 1.14. The first-order valence-electron chi connectivity index (χ1n) is 4.77. The minimum absolute atomic E-state index is 0.140. The summed E-state index contributed by atoms with van der Waals surface area (Å²) in [5.41, 5.74) is -1.46. The Hall–Kier alpha value is -1.45. The summed E-state index contributed by atoms with van der Waals surface area (Å²) in [7, 11) is 0. The topological polar surface area (TPSA) is 81.9 Å². The molecule has 17 heavy (non-hydrogen) atoms. The molecule has 1 rings (SSSR count). The molecular weight excluding hydrogens is 267 g/mol. The molecule has 0 atom stereocenters. The Morgan fingerprint density at radius 2 is 1.94 bits per heavy atom. The molecule has 1 aromatic heterocycles. The third kappa shape index (κ3) is 3.25. The number of aromatic amines is 1. The van der Waals surface area contributed by atoms with Gasteiger partial charge < -0.3 is 5.01 Å². The van der Waals surface area contributed by atoms with Gasteiger partial charge in [0.05, 0.1) is 6.20 Å². The first-order chi connectivity index (χ1) is 8.13. The monoisotopic (exact) mass is 276 g/mol. The van der Waals surface area contributed by atoms with Crippen LogP contribution in [0.1, 0.15) is 5.56 Å². The molecule has 6 nitrogen and oxygen atoms in total. The van der Waals surface area contributed by atoms with E-state index in [2.05, 4.69) is 4.98 Å². The third-order valence-corrected chi connectivity index (χ3v) is 2.37. The summed E-state index contributed by atoms with van der Waals surface area (Å²) in [4.78, 5) is 24.8. The van der Waals surface area contributed by atoms with Crippen LogP contribution >= 0.6 is 23.2 Å². The molecule has 1 N–H and O–H groups in total. The van der Waals surface area contributed by atoms with Crippen molar-refractivity contribution in [2.45, 2.75) is 0 Å². The number of rotatable bonds is 5. The molecular formula is C9H10Cl2N4O2. The maximum absolute atomic E-state index is 11.6. The largest absolute Gasteiger partial charge is 0.347 e. The number of nitrogens with one attached hydrogen (secondary N) is 1. The predicted octanol–water partition coefficient (Wildman–Crippen LogP) is -0.176. The van der Waals surface area contributed by atoms with E-state index in [0.717, 1.165) is 4.68 Å².